The van der Waals surface area contributed by atoms with Crippen LogP contribution in [0.3, 0.4) is 0 Å². The summed E-state index contributed by atoms with van der Waals surface area (Å²) in [5.41, 5.74) is 0.865. The standard InChI is InChI=1S/C8H10O4S.C4H10O/c1-6-3-4-8(13(9,10)11)7(5-6)12-2;1-4(2)5-3/h3-5H,1-2H3,(H,9,10,11);4H,1-3H3. The van der Waals surface area contributed by atoms with Crippen LogP contribution >= 0.6 is 0 Å². The third-order valence-electron chi connectivity index (χ3n) is 2.07. The van der Waals surface area contributed by atoms with Crippen molar-refractivity contribution in [3.8, 4) is 5.75 Å². The van der Waals surface area contributed by atoms with Gasteiger partial charge in [0, 0.05) is 7.11 Å². The lowest BCUT2D eigenvalue weighted by atomic mass is 10.2. The van der Waals surface area contributed by atoms with E-state index >= 15 is 0 Å². The molecule has 1 N–H and O–H groups in total. The van der Waals surface area contributed by atoms with Gasteiger partial charge in [0.05, 0.1) is 13.2 Å². The molecular formula is C12H20O5S. The van der Waals surface area contributed by atoms with Crippen molar-refractivity contribution < 1.29 is 22.4 Å². The van der Waals surface area contributed by atoms with Crippen LogP contribution in [0.1, 0.15) is 19.4 Å². The van der Waals surface area contributed by atoms with Gasteiger partial charge in [0.25, 0.3) is 10.1 Å². The van der Waals surface area contributed by atoms with Crippen LogP contribution < -0.4 is 4.74 Å². The largest absolute Gasteiger partial charge is 0.495 e. The van der Waals surface area contributed by atoms with Crippen molar-refractivity contribution in [2.24, 2.45) is 0 Å². The molecule has 0 aromatic heterocycles. The van der Waals surface area contributed by atoms with Gasteiger partial charge >= 0.3 is 0 Å². The van der Waals surface area contributed by atoms with E-state index in [4.69, 9.17) is 14.0 Å². The Bertz CT molecular complexity index is 465. The summed E-state index contributed by atoms with van der Waals surface area (Å²) < 4.78 is 39.9. The van der Waals surface area contributed by atoms with Gasteiger partial charge in [-0.25, -0.2) is 0 Å². The number of aryl methyl sites for hydroxylation is 1. The fourth-order valence-corrected chi connectivity index (χ4v) is 1.62. The van der Waals surface area contributed by atoms with Crippen molar-refractivity contribution in [2.75, 3.05) is 14.2 Å². The Balaban J connectivity index is 0.000000494. The number of methoxy groups -OCH3 is 2. The number of hydrogen-bond acceptors (Lipinski definition) is 4. The van der Waals surface area contributed by atoms with E-state index in [1.165, 1.54) is 13.2 Å². The van der Waals surface area contributed by atoms with Gasteiger partial charge in [-0.3, -0.25) is 4.55 Å². The second kappa shape index (κ2) is 7.35. The molecule has 0 saturated heterocycles. The molecular weight excluding hydrogens is 256 g/mol. The number of rotatable bonds is 3. The Hall–Kier alpha value is -1.11. The Morgan fingerprint density at radius 1 is 1.22 bits per heavy atom. The van der Waals surface area contributed by atoms with Crippen LogP contribution in [0.25, 0.3) is 0 Å². The summed E-state index contributed by atoms with van der Waals surface area (Å²) in [5, 5.41) is 0. The Labute approximate surface area is 108 Å². The van der Waals surface area contributed by atoms with Crippen LogP contribution in [0.4, 0.5) is 0 Å². The lowest BCUT2D eigenvalue weighted by molar-refractivity contribution is 0.134. The number of benzene rings is 1. The molecule has 0 amide bonds. The minimum atomic E-state index is -4.19. The summed E-state index contributed by atoms with van der Waals surface area (Å²) in [4.78, 5) is -0.208. The third kappa shape index (κ3) is 6.00. The van der Waals surface area contributed by atoms with Crippen LogP contribution in [0.2, 0.25) is 0 Å². The molecule has 104 valence electrons. The second-order valence-electron chi connectivity index (χ2n) is 3.91. The highest BCUT2D eigenvalue weighted by Crippen LogP contribution is 2.23. The maximum atomic E-state index is 10.8. The van der Waals surface area contributed by atoms with Gasteiger partial charge in [0.15, 0.2) is 0 Å². The van der Waals surface area contributed by atoms with Gasteiger partial charge < -0.3 is 9.47 Å². The van der Waals surface area contributed by atoms with E-state index in [9.17, 15) is 8.42 Å². The predicted octanol–water partition coefficient (Wildman–Crippen LogP) is 2.29. The first-order chi connectivity index (χ1) is 8.22. The minimum absolute atomic E-state index is 0.155. The Morgan fingerprint density at radius 2 is 1.72 bits per heavy atom. The van der Waals surface area contributed by atoms with Crippen molar-refractivity contribution in [1.29, 1.82) is 0 Å². The molecule has 0 aliphatic carbocycles. The Kier molecular flexibility index (Phi) is 6.90. The minimum Gasteiger partial charge on any atom is -0.495 e. The first-order valence-electron chi connectivity index (χ1n) is 5.37. The average molecular weight is 276 g/mol. The van der Waals surface area contributed by atoms with Crippen LogP contribution in [-0.4, -0.2) is 33.3 Å². The highest BCUT2D eigenvalue weighted by atomic mass is 32.2. The second-order valence-corrected chi connectivity index (χ2v) is 5.30. The van der Waals surface area contributed by atoms with Crippen LogP contribution in [0.5, 0.6) is 5.75 Å². The summed E-state index contributed by atoms with van der Waals surface area (Å²) in [6, 6.07) is 4.44. The third-order valence-corrected chi connectivity index (χ3v) is 2.96. The summed E-state index contributed by atoms with van der Waals surface area (Å²) in [5.74, 6) is 0.155. The predicted molar refractivity (Wildman–Crippen MR) is 69.7 cm³/mol. The molecule has 6 heteroatoms. The maximum Gasteiger partial charge on any atom is 0.298 e. The highest BCUT2D eigenvalue weighted by molar-refractivity contribution is 7.86. The molecule has 0 aliphatic heterocycles. The van der Waals surface area contributed by atoms with Crippen molar-refractivity contribution in [3.63, 3.8) is 0 Å². The van der Waals surface area contributed by atoms with Crippen LogP contribution in [0.15, 0.2) is 23.1 Å². The van der Waals surface area contributed by atoms with E-state index in [0.29, 0.717) is 6.10 Å². The van der Waals surface area contributed by atoms with Gasteiger partial charge in [-0.1, -0.05) is 6.07 Å². The lowest BCUT2D eigenvalue weighted by Crippen LogP contribution is -2.01. The van der Waals surface area contributed by atoms with Gasteiger partial charge in [-0.15, -0.1) is 0 Å². The summed E-state index contributed by atoms with van der Waals surface area (Å²) in [7, 11) is -1.14. The molecule has 0 spiro atoms. The van der Waals surface area contributed by atoms with Crippen LogP contribution in [-0.2, 0) is 14.9 Å². The molecule has 0 atom stereocenters. The molecule has 1 rings (SSSR count). The molecule has 1 aromatic rings. The molecule has 1 aromatic carbocycles. The molecule has 0 unspecified atom stereocenters. The van der Waals surface area contributed by atoms with E-state index < -0.39 is 10.1 Å². The van der Waals surface area contributed by atoms with Gasteiger partial charge in [0.1, 0.15) is 10.6 Å². The normalized spacial score (nSPS) is 10.8. The van der Waals surface area contributed by atoms with Crippen molar-refractivity contribution in [2.45, 2.75) is 31.8 Å². The molecule has 0 saturated carbocycles. The van der Waals surface area contributed by atoms with E-state index in [2.05, 4.69) is 0 Å². The average Bonchev–Trinajstić information content (AvgIpc) is 2.27. The lowest BCUT2D eigenvalue weighted by Gasteiger charge is -2.05. The Morgan fingerprint density at radius 3 is 2.06 bits per heavy atom. The summed E-state index contributed by atoms with van der Waals surface area (Å²) in [6.07, 6.45) is 0.384. The van der Waals surface area contributed by atoms with E-state index in [1.807, 2.05) is 13.8 Å². The number of hydrogen-bond donors (Lipinski definition) is 1. The quantitative estimate of drug-likeness (QED) is 0.857. The summed E-state index contributed by atoms with van der Waals surface area (Å²) in [6.45, 7) is 5.80. The van der Waals surface area contributed by atoms with Gasteiger partial charge in [0.2, 0.25) is 0 Å². The van der Waals surface area contributed by atoms with Gasteiger partial charge in [-0.05, 0) is 38.5 Å². The monoisotopic (exact) mass is 276 g/mol. The fourth-order valence-electron chi connectivity index (χ4n) is 0.988. The van der Waals surface area contributed by atoms with Crippen molar-refractivity contribution >= 4 is 10.1 Å². The zero-order valence-electron chi connectivity index (χ0n) is 11.3. The number of ether oxygens (including phenoxy) is 2. The SMILES string of the molecule is COC(C)C.COc1cc(C)ccc1S(=O)(=O)O. The van der Waals surface area contributed by atoms with Gasteiger partial charge in [-0.2, -0.15) is 8.42 Å². The van der Waals surface area contributed by atoms with Crippen LogP contribution in [0, 0.1) is 6.92 Å². The van der Waals surface area contributed by atoms with Crippen molar-refractivity contribution in [1.82, 2.24) is 0 Å². The molecule has 0 aliphatic rings. The van der Waals surface area contributed by atoms with E-state index in [1.54, 1.807) is 26.2 Å². The fraction of sp³-hybridized carbons (Fsp3) is 0.500. The topological polar surface area (TPSA) is 72.8 Å². The molecule has 0 bridgehead atoms. The molecule has 0 fully saturated rings. The zero-order valence-corrected chi connectivity index (χ0v) is 12.1. The molecule has 0 heterocycles. The molecule has 0 radical (unpaired) electrons. The maximum absolute atomic E-state index is 10.8. The zero-order chi connectivity index (χ0) is 14.3. The first-order valence-corrected chi connectivity index (χ1v) is 6.81. The summed E-state index contributed by atoms with van der Waals surface area (Å²) >= 11 is 0. The first kappa shape index (κ1) is 16.9. The smallest absolute Gasteiger partial charge is 0.298 e. The van der Waals surface area contributed by atoms with Crippen molar-refractivity contribution in [3.05, 3.63) is 23.8 Å². The molecule has 18 heavy (non-hydrogen) atoms. The van der Waals surface area contributed by atoms with E-state index in [0.717, 1.165) is 5.56 Å². The van der Waals surface area contributed by atoms with E-state index in [-0.39, 0.29) is 10.6 Å². The highest BCUT2D eigenvalue weighted by Gasteiger charge is 2.15. The molecule has 5 nitrogen and oxygen atoms in total.